The SMILES string of the molecule is Cc1cc(F)ncc1-c1cn2ncc(C(=O)N[C@H]3C[C@H](C(C)(C)O)C3)c(NC(C)C)c2n1. The third-order valence-electron chi connectivity index (χ3n) is 6.00. The Morgan fingerprint density at radius 1 is 1.31 bits per heavy atom. The van der Waals surface area contributed by atoms with E-state index in [-0.39, 0.29) is 23.9 Å². The summed E-state index contributed by atoms with van der Waals surface area (Å²) in [7, 11) is 0. The lowest BCUT2D eigenvalue weighted by atomic mass is 9.71. The van der Waals surface area contributed by atoms with E-state index in [0.29, 0.717) is 33.7 Å². The Hall–Kier alpha value is -3.07. The van der Waals surface area contributed by atoms with E-state index in [1.807, 2.05) is 13.8 Å². The van der Waals surface area contributed by atoms with Gasteiger partial charge in [0, 0.05) is 23.8 Å². The second-order valence-electron chi connectivity index (χ2n) is 9.44. The molecule has 0 saturated heterocycles. The molecule has 0 bridgehead atoms. The van der Waals surface area contributed by atoms with E-state index in [4.69, 9.17) is 0 Å². The zero-order valence-corrected chi connectivity index (χ0v) is 19.0. The molecule has 4 rings (SSSR count). The first kappa shape index (κ1) is 22.1. The Balaban J connectivity index is 1.66. The molecule has 0 unspecified atom stereocenters. The summed E-state index contributed by atoms with van der Waals surface area (Å²) in [5.41, 5.74) is 2.76. The van der Waals surface area contributed by atoms with Gasteiger partial charge in [-0.1, -0.05) is 0 Å². The number of aliphatic hydroxyl groups is 1. The van der Waals surface area contributed by atoms with E-state index in [9.17, 15) is 14.3 Å². The van der Waals surface area contributed by atoms with E-state index in [0.717, 1.165) is 12.8 Å². The summed E-state index contributed by atoms with van der Waals surface area (Å²) in [5, 5.41) is 20.9. The van der Waals surface area contributed by atoms with Crippen LogP contribution >= 0.6 is 0 Å². The van der Waals surface area contributed by atoms with Gasteiger partial charge in [0.15, 0.2) is 5.65 Å². The molecule has 0 spiro atoms. The maximum atomic E-state index is 13.4. The van der Waals surface area contributed by atoms with Crippen LogP contribution in [0.25, 0.3) is 16.9 Å². The highest BCUT2D eigenvalue weighted by atomic mass is 19.1. The quantitative estimate of drug-likeness (QED) is 0.508. The van der Waals surface area contributed by atoms with Crippen molar-refractivity contribution >= 4 is 17.2 Å². The molecule has 1 aliphatic rings. The van der Waals surface area contributed by atoms with Crippen LogP contribution < -0.4 is 10.6 Å². The van der Waals surface area contributed by atoms with Crippen LogP contribution in [0.2, 0.25) is 0 Å². The molecule has 3 heterocycles. The number of carbonyl (C=O) groups excluding carboxylic acids is 1. The first-order chi connectivity index (χ1) is 15.0. The van der Waals surface area contributed by atoms with Crippen LogP contribution in [0.4, 0.5) is 10.1 Å². The van der Waals surface area contributed by atoms with E-state index >= 15 is 0 Å². The van der Waals surface area contributed by atoms with Gasteiger partial charge in [-0.25, -0.2) is 14.5 Å². The fourth-order valence-electron chi connectivity index (χ4n) is 4.03. The summed E-state index contributed by atoms with van der Waals surface area (Å²) in [6, 6.07) is 1.44. The number of halogens is 1. The molecule has 1 fully saturated rings. The molecule has 0 aliphatic heterocycles. The van der Waals surface area contributed by atoms with Gasteiger partial charge in [0.1, 0.15) is 0 Å². The number of pyridine rings is 1. The van der Waals surface area contributed by atoms with E-state index in [2.05, 4.69) is 25.7 Å². The predicted octanol–water partition coefficient (Wildman–Crippen LogP) is 3.34. The highest BCUT2D eigenvalue weighted by Gasteiger charge is 2.39. The van der Waals surface area contributed by atoms with Gasteiger partial charge in [0.25, 0.3) is 5.91 Å². The zero-order valence-electron chi connectivity index (χ0n) is 19.0. The topological polar surface area (TPSA) is 104 Å². The van der Waals surface area contributed by atoms with Gasteiger partial charge in [-0.15, -0.1) is 0 Å². The Bertz CT molecular complexity index is 1160. The molecule has 0 radical (unpaired) electrons. The molecule has 8 nitrogen and oxygen atoms in total. The number of nitrogens with zero attached hydrogens (tertiary/aromatic N) is 4. The van der Waals surface area contributed by atoms with Crippen molar-refractivity contribution in [1.82, 2.24) is 24.9 Å². The van der Waals surface area contributed by atoms with Gasteiger partial charge >= 0.3 is 0 Å². The number of carbonyl (C=O) groups is 1. The summed E-state index contributed by atoms with van der Waals surface area (Å²) in [6.07, 6.45) is 6.19. The lowest BCUT2D eigenvalue weighted by Gasteiger charge is -2.42. The minimum Gasteiger partial charge on any atom is -0.390 e. The number of aromatic nitrogens is 4. The van der Waals surface area contributed by atoms with E-state index < -0.39 is 11.5 Å². The van der Waals surface area contributed by atoms with E-state index in [1.54, 1.807) is 31.5 Å². The molecule has 1 amide bonds. The van der Waals surface area contributed by atoms with Crippen LogP contribution in [0.3, 0.4) is 0 Å². The number of anilines is 1. The number of fused-ring (bicyclic) bond motifs is 1. The number of imidazole rings is 1. The second-order valence-corrected chi connectivity index (χ2v) is 9.44. The number of hydrogen-bond donors (Lipinski definition) is 3. The van der Waals surface area contributed by atoms with Gasteiger partial charge in [-0.3, -0.25) is 4.79 Å². The highest BCUT2D eigenvalue weighted by molar-refractivity contribution is 6.02. The van der Waals surface area contributed by atoms with Crippen LogP contribution in [0.15, 0.2) is 24.7 Å². The largest absolute Gasteiger partial charge is 0.390 e. The zero-order chi connectivity index (χ0) is 23.2. The van der Waals surface area contributed by atoms with E-state index in [1.165, 1.54) is 18.5 Å². The van der Waals surface area contributed by atoms with Crippen LogP contribution in [-0.2, 0) is 0 Å². The van der Waals surface area contributed by atoms with Crippen molar-refractivity contribution < 1.29 is 14.3 Å². The first-order valence-corrected chi connectivity index (χ1v) is 10.8. The molecule has 170 valence electrons. The first-order valence-electron chi connectivity index (χ1n) is 10.8. The summed E-state index contributed by atoms with van der Waals surface area (Å²) in [4.78, 5) is 21.5. The van der Waals surface area contributed by atoms with Gasteiger partial charge < -0.3 is 15.7 Å². The lowest BCUT2D eigenvalue weighted by Crippen LogP contribution is -2.51. The van der Waals surface area contributed by atoms with Crippen LogP contribution in [-0.4, -0.2) is 48.3 Å². The summed E-state index contributed by atoms with van der Waals surface area (Å²) >= 11 is 0. The van der Waals surface area contributed by atoms with Crippen molar-refractivity contribution in [1.29, 1.82) is 0 Å². The van der Waals surface area contributed by atoms with Gasteiger partial charge in [0.2, 0.25) is 5.95 Å². The fraction of sp³-hybridized carbons (Fsp3) is 0.478. The van der Waals surface area contributed by atoms with Crippen molar-refractivity contribution in [2.75, 3.05) is 5.32 Å². The van der Waals surface area contributed by atoms with Crippen molar-refractivity contribution in [2.24, 2.45) is 5.92 Å². The van der Waals surface area contributed by atoms with Crippen molar-refractivity contribution in [2.45, 2.75) is 65.1 Å². The second kappa shape index (κ2) is 8.12. The van der Waals surface area contributed by atoms with Crippen molar-refractivity contribution in [3.8, 4) is 11.3 Å². The molecule has 3 aromatic rings. The number of amides is 1. The third-order valence-corrected chi connectivity index (χ3v) is 6.00. The number of nitrogens with one attached hydrogen (secondary N) is 2. The van der Waals surface area contributed by atoms with Crippen molar-refractivity contribution in [3.63, 3.8) is 0 Å². The van der Waals surface area contributed by atoms with Crippen LogP contribution in [0.1, 0.15) is 56.5 Å². The van der Waals surface area contributed by atoms with Crippen LogP contribution in [0, 0.1) is 18.8 Å². The minimum atomic E-state index is -0.744. The Morgan fingerprint density at radius 2 is 2.03 bits per heavy atom. The number of hydrogen-bond acceptors (Lipinski definition) is 6. The fourth-order valence-corrected chi connectivity index (χ4v) is 4.03. The maximum Gasteiger partial charge on any atom is 0.255 e. The molecular weight excluding hydrogens is 411 g/mol. The molecule has 3 N–H and O–H groups in total. The molecule has 32 heavy (non-hydrogen) atoms. The monoisotopic (exact) mass is 440 g/mol. The summed E-state index contributed by atoms with van der Waals surface area (Å²) < 4.78 is 15.0. The average molecular weight is 441 g/mol. The predicted molar refractivity (Wildman–Crippen MR) is 120 cm³/mol. The third kappa shape index (κ3) is 4.29. The molecule has 0 aromatic carbocycles. The number of rotatable bonds is 6. The number of aryl methyl sites for hydroxylation is 1. The molecule has 9 heteroatoms. The smallest absolute Gasteiger partial charge is 0.255 e. The summed E-state index contributed by atoms with van der Waals surface area (Å²) in [5.74, 6) is -0.604. The van der Waals surface area contributed by atoms with Gasteiger partial charge in [-0.2, -0.15) is 9.49 Å². The Morgan fingerprint density at radius 3 is 2.66 bits per heavy atom. The molecular formula is C23H29FN6O2. The molecule has 1 aliphatic carbocycles. The van der Waals surface area contributed by atoms with Crippen molar-refractivity contribution in [3.05, 3.63) is 41.7 Å². The Kier molecular flexibility index (Phi) is 5.62. The maximum absolute atomic E-state index is 13.4. The average Bonchev–Trinajstić information content (AvgIpc) is 3.07. The highest BCUT2D eigenvalue weighted by Crippen LogP contribution is 2.36. The van der Waals surface area contributed by atoms with Gasteiger partial charge in [0.05, 0.1) is 34.9 Å². The Labute approximate surface area is 186 Å². The lowest BCUT2D eigenvalue weighted by molar-refractivity contribution is -0.0309. The minimum absolute atomic E-state index is 0.0188. The molecule has 3 aromatic heterocycles. The molecule has 0 atom stereocenters. The van der Waals surface area contributed by atoms with Crippen LogP contribution in [0.5, 0.6) is 0 Å². The molecule has 1 saturated carbocycles. The normalized spacial score (nSPS) is 18.6. The standard InChI is InChI=1S/C23H29FN6O2/c1-12(2)27-20-17(22(31)28-15-7-14(8-15)23(4,5)32)10-26-30-11-18(29-21(20)30)16-9-25-19(24)6-13(16)3/h6,9-12,14-15,27,32H,7-8H2,1-5H3,(H,28,31)/t14-,15-. The summed E-state index contributed by atoms with van der Waals surface area (Å²) in [6.45, 7) is 9.36. The van der Waals surface area contributed by atoms with Gasteiger partial charge in [-0.05, 0) is 65.0 Å².